The van der Waals surface area contributed by atoms with Gasteiger partial charge < -0.3 is 42.7 Å². The van der Waals surface area contributed by atoms with Crippen LogP contribution >= 0.6 is 0 Å². The highest BCUT2D eigenvalue weighted by Crippen LogP contribution is 2.05. The lowest BCUT2D eigenvalue weighted by Crippen LogP contribution is -2.58. The Morgan fingerprint density at radius 3 is 1.81 bits per heavy atom. The smallest absolute Gasteiger partial charge is 0.328 e. The minimum Gasteiger partial charge on any atom is -0.481 e. The number of hydrogen-bond donors (Lipinski definition) is 8. The summed E-state index contributed by atoms with van der Waals surface area (Å²) in [5.74, 6) is -5.67. The Hall–Kier alpha value is -2.77. The fourth-order valence-electron chi connectivity index (χ4n) is 2.45. The van der Waals surface area contributed by atoms with Gasteiger partial charge in [-0.05, 0) is 31.7 Å². The summed E-state index contributed by atoms with van der Waals surface area (Å²) >= 11 is 0. The summed E-state index contributed by atoms with van der Waals surface area (Å²) < 4.78 is 0. The minimum absolute atomic E-state index is 0.0752. The van der Waals surface area contributed by atoms with Crippen molar-refractivity contribution in [1.29, 1.82) is 0 Å². The fraction of sp³-hybridized carbons (Fsp3) is 0.722. The zero-order valence-corrected chi connectivity index (χ0v) is 17.7. The topological polar surface area (TPSA) is 234 Å². The third-order valence-corrected chi connectivity index (χ3v) is 4.41. The van der Waals surface area contributed by atoms with Crippen LogP contribution in [0.4, 0.5) is 0 Å². The molecule has 0 fully saturated rings. The van der Waals surface area contributed by atoms with E-state index in [1.165, 1.54) is 0 Å². The first-order chi connectivity index (χ1) is 14.4. The van der Waals surface area contributed by atoms with Gasteiger partial charge in [0.15, 0.2) is 0 Å². The second kappa shape index (κ2) is 14.3. The molecule has 0 aliphatic heterocycles. The van der Waals surface area contributed by atoms with Gasteiger partial charge in [0, 0.05) is 0 Å². The van der Waals surface area contributed by atoms with E-state index in [1.807, 2.05) is 0 Å². The van der Waals surface area contributed by atoms with Crippen LogP contribution in [0.5, 0.6) is 0 Å². The monoisotopic (exact) mass is 447 g/mol. The molecule has 0 aliphatic carbocycles. The van der Waals surface area contributed by atoms with Crippen molar-refractivity contribution in [3.05, 3.63) is 0 Å². The van der Waals surface area contributed by atoms with Gasteiger partial charge in [-0.25, -0.2) is 4.79 Å². The van der Waals surface area contributed by atoms with Gasteiger partial charge in [0.1, 0.15) is 18.1 Å². The van der Waals surface area contributed by atoms with E-state index < -0.39 is 66.9 Å². The van der Waals surface area contributed by atoms with Crippen molar-refractivity contribution in [2.24, 2.45) is 17.4 Å². The van der Waals surface area contributed by atoms with Crippen molar-refractivity contribution in [2.45, 2.75) is 63.7 Å². The lowest BCUT2D eigenvalue weighted by molar-refractivity contribution is -0.144. The first-order valence-corrected chi connectivity index (χ1v) is 9.86. The van der Waals surface area contributed by atoms with Crippen molar-refractivity contribution in [3.8, 4) is 0 Å². The highest BCUT2D eigenvalue weighted by atomic mass is 16.4. The lowest BCUT2D eigenvalue weighted by Gasteiger charge is -2.25. The van der Waals surface area contributed by atoms with Crippen LogP contribution < -0.4 is 27.4 Å². The maximum Gasteiger partial charge on any atom is 0.328 e. The molecule has 0 bridgehead atoms. The second-order valence-corrected chi connectivity index (χ2v) is 7.36. The van der Waals surface area contributed by atoms with Crippen molar-refractivity contribution >= 4 is 29.7 Å². The summed E-state index contributed by atoms with van der Waals surface area (Å²) in [6.45, 7) is 2.81. The van der Waals surface area contributed by atoms with Crippen LogP contribution in [-0.2, 0) is 24.0 Å². The Morgan fingerprint density at radius 2 is 1.35 bits per heavy atom. The van der Waals surface area contributed by atoms with E-state index in [0.29, 0.717) is 19.4 Å². The Bertz CT molecular complexity index is 642. The third kappa shape index (κ3) is 10.7. The zero-order chi connectivity index (χ0) is 24.1. The molecule has 10 N–H and O–H groups in total. The van der Waals surface area contributed by atoms with Gasteiger partial charge in [-0.3, -0.25) is 19.2 Å². The quantitative estimate of drug-likeness (QED) is 0.119. The normalized spacial score (nSPS) is 14.8. The fourth-order valence-corrected chi connectivity index (χ4v) is 2.45. The van der Waals surface area contributed by atoms with Crippen LogP contribution in [-0.4, -0.2) is 82.3 Å². The van der Waals surface area contributed by atoms with Crippen molar-refractivity contribution in [1.82, 2.24) is 16.0 Å². The van der Waals surface area contributed by atoms with E-state index in [-0.39, 0.29) is 12.3 Å². The molecule has 0 rings (SSSR count). The maximum absolute atomic E-state index is 12.6. The molecule has 0 aromatic heterocycles. The Labute approximate surface area is 179 Å². The number of aliphatic hydroxyl groups is 1. The molecule has 0 saturated heterocycles. The number of nitrogens with two attached hydrogens (primary N) is 2. The van der Waals surface area contributed by atoms with Gasteiger partial charge >= 0.3 is 11.9 Å². The molecule has 0 spiro atoms. The molecule has 0 aromatic carbocycles. The number of carboxylic acids is 2. The number of aliphatic hydroxyl groups excluding tert-OH is 1. The molecule has 4 atom stereocenters. The molecule has 0 aliphatic rings. The molecule has 0 saturated carbocycles. The van der Waals surface area contributed by atoms with Crippen molar-refractivity contribution in [3.63, 3.8) is 0 Å². The van der Waals surface area contributed by atoms with Gasteiger partial charge in [-0.15, -0.1) is 0 Å². The number of hydrogen-bond acceptors (Lipinski definition) is 8. The first kappa shape index (κ1) is 28.2. The summed E-state index contributed by atoms with van der Waals surface area (Å²) in [6, 6.07) is -5.30. The van der Waals surface area contributed by atoms with Gasteiger partial charge in [0.05, 0.1) is 19.1 Å². The molecule has 0 heterocycles. The molecule has 178 valence electrons. The molecule has 13 nitrogen and oxygen atoms in total. The summed E-state index contributed by atoms with van der Waals surface area (Å²) in [7, 11) is 0. The maximum atomic E-state index is 12.6. The highest BCUT2D eigenvalue weighted by Gasteiger charge is 2.31. The summed E-state index contributed by atoms with van der Waals surface area (Å²) in [4.78, 5) is 59.5. The minimum atomic E-state index is -1.58. The van der Waals surface area contributed by atoms with Gasteiger partial charge in [0.2, 0.25) is 17.7 Å². The lowest BCUT2D eigenvalue weighted by atomic mass is 10.0. The Kier molecular flexibility index (Phi) is 13.0. The van der Waals surface area contributed by atoms with E-state index >= 15 is 0 Å². The number of rotatable bonds is 15. The average molecular weight is 447 g/mol. The van der Waals surface area contributed by atoms with E-state index in [0.717, 1.165) is 0 Å². The molecule has 4 unspecified atom stereocenters. The molecular weight excluding hydrogens is 414 g/mol. The van der Waals surface area contributed by atoms with E-state index in [4.69, 9.17) is 26.8 Å². The van der Waals surface area contributed by atoms with Crippen LogP contribution in [0.15, 0.2) is 0 Å². The molecule has 13 heteroatoms. The predicted molar refractivity (Wildman–Crippen MR) is 108 cm³/mol. The predicted octanol–water partition coefficient (Wildman–Crippen LogP) is -2.90. The highest BCUT2D eigenvalue weighted by molar-refractivity contribution is 5.95. The number of carbonyl (C=O) groups is 5. The number of unbranched alkanes of at least 4 members (excludes halogenated alkanes) is 1. The van der Waals surface area contributed by atoms with Crippen LogP contribution in [0.25, 0.3) is 0 Å². The number of aliphatic carboxylic acids is 2. The zero-order valence-electron chi connectivity index (χ0n) is 17.7. The summed E-state index contributed by atoms with van der Waals surface area (Å²) in [5, 5.41) is 33.8. The van der Waals surface area contributed by atoms with Crippen LogP contribution in [0.2, 0.25) is 0 Å². The van der Waals surface area contributed by atoms with Crippen LogP contribution in [0, 0.1) is 5.92 Å². The number of carboxylic acid groups (broad SMARTS) is 2. The third-order valence-electron chi connectivity index (χ3n) is 4.41. The largest absolute Gasteiger partial charge is 0.481 e. The standard InChI is InChI=1S/C18H33N5O8/c1-9(2)14(20)17(29)22-11(7-13(25)26)16(28)21-10(5-3-4-6-19)15(27)23-12(8-24)18(30)31/h9-12,14,24H,3-8,19-20H2,1-2H3,(H,21,28)(H,22,29)(H,23,27)(H,25,26)(H,30,31). The average Bonchev–Trinajstić information content (AvgIpc) is 2.69. The van der Waals surface area contributed by atoms with Crippen molar-refractivity contribution in [2.75, 3.05) is 13.2 Å². The molecular formula is C18H33N5O8. The van der Waals surface area contributed by atoms with E-state index in [1.54, 1.807) is 13.8 Å². The summed E-state index contributed by atoms with van der Waals surface area (Å²) in [5.41, 5.74) is 11.1. The van der Waals surface area contributed by atoms with Crippen LogP contribution in [0.3, 0.4) is 0 Å². The molecule has 0 radical (unpaired) electrons. The molecule has 31 heavy (non-hydrogen) atoms. The number of nitrogens with one attached hydrogen (secondary N) is 3. The SMILES string of the molecule is CC(C)C(N)C(=O)NC(CC(=O)O)C(=O)NC(CCCCN)C(=O)NC(CO)C(=O)O. The molecule has 0 aromatic rings. The van der Waals surface area contributed by atoms with Gasteiger partial charge in [0.25, 0.3) is 0 Å². The second-order valence-electron chi connectivity index (χ2n) is 7.36. The Morgan fingerprint density at radius 1 is 0.839 bits per heavy atom. The van der Waals surface area contributed by atoms with Gasteiger partial charge in [-0.1, -0.05) is 13.8 Å². The van der Waals surface area contributed by atoms with E-state index in [9.17, 15) is 24.0 Å². The van der Waals surface area contributed by atoms with Crippen LogP contribution in [0.1, 0.15) is 39.5 Å². The first-order valence-electron chi connectivity index (χ1n) is 9.86. The summed E-state index contributed by atoms with van der Waals surface area (Å²) in [6.07, 6.45) is 0.236. The van der Waals surface area contributed by atoms with E-state index in [2.05, 4.69) is 16.0 Å². The molecule has 3 amide bonds. The van der Waals surface area contributed by atoms with Gasteiger partial charge in [-0.2, -0.15) is 0 Å². The number of amides is 3. The number of carbonyl (C=O) groups excluding carboxylic acids is 3. The Balaban J connectivity index is 5.44. The van der Waals surface area contributed by atoms with Crippen molar-refractivity contribution < 1.29 is 39.3 Å².